The van der Waals surface area contributed by atoms with Crippen LogP contribution in [0.4, 0.5) is 0 Å². The Bertz CT molecular complexity index is 268. The normalized spacial score (nSPS) is 11.9. The van der Waals surface area contributed by atoms with E-state index in [9.17, 15) is 0 Å². The van der Waals surface area contributed by atoms with Crippen molar-refractivity contribution in [1.29, 1.82) is 0 Å². The van der Waals surface area contributed by atoms with Crippen LogP contribution in [0.15, 0.2) is 24.3 Å². The van der Waals surface area contributed by atoms with Crippen LogP contribution in [0.5, 0.6) is 0 Å². The van der Waals surface area contributed by atoms with Crippen LogP contribution in [-0.4, -0.2) is 6.54 Å². The Kier molecular flexibility index (Phi) is 7.54. The number of hydrogen-bond acceptors (Lipinski definition) is 2. The first kappa shape index (κ1) is 14.2. The second-order valence-electron chi connectivity index (χ2n) is 3.06. The lowest BCUT2D eigenvalue weighted by Crippen LogP contribution is -2.13. The van der Waals surface area contributed by atoms with E-state index in [1.807, 2.05) is 12.1 Å². The van der Waals surface area contributed by atoms with Crippen molar-refractivity contribution in [2.75, 3.05) is 6.54 Å². The fraction of sp³-hybridized carbons (Fsp3) is 0.400. The molecule has 0 aromatic heterocycles. The minimum atomic E-state index is 0. The molecule has 1 aromatic rings. The molecule has 1 rings (SSSR count). The Hall–Kier alpha value is 0.160. The fourth-order valence-electron chi connectivity index (χ4n) is 1.27. The number of hydrogen-bond donors (Lipinski definition) is 2. The molecule has 0 saturated heterocycles. The van der Waals surface area contributed by atoms with Crippen molar-refractivity contribution in [2.24, 2.45) is 11.5 Å². The first-order valence-corrected chi connectivity index (χ1v) is 5.53. The van der Waals surface area contributed by atoms with Crippen molar-refractivity contribution in [3.63, 3.8) is 0 Å². The molecule has 0 aliphatic heterocycles. The van der Waals surface area contributed by atoms with Crippen LogP contribution in [0.25, 0.3) is 0 Å². The summed E-state index contributed by atoms with van der Waals surface area (Å²) >= 11 is 2.32. The smallest absolute Gasteiger partial charge is 0.0305 e. The molecule has 0 aliphatic carbocycles. The van der Waals surface area contributed by atoms with Crippen LogP contribution in [0.3, 0.4) is 0 Å². The molecule has 0 saturated carbocycles. The van der Waals surface area contributed by atoms with Crippen LogP contribution in [0.2, 0.25) is 0 Å². The molecule has 1 aromatic carbocycles. The lowest BCUT2D eigenvalue weighted by atomic mass is 10.0. The summed E-state index contributed by atoms with van der Waals surface area (Å²) in [7, 11) is 0. The van der Waals surface area contributed by atoms with Gasteiger partial charge in [-0.25, -0.2) is 0 Å². The molecule has 0 unspecified atom stereocenters. The third-order valence-corrected chi connectivity index (χ3v) is 3.01. The third kappa shape index (κ3) is 4.13. The number of nitrogens with two attached hydrogens (primary N) is 2. The lowest BCUT2D eigenvalue weighted by molar-refractivity contribution is 0.616. The Labute approximate surface area is 105 Å². The molecule has 0 bridgehead atoms. The third-order valence-electron chi connectivity index (χ3n) is 2.02. The average Bonchev–Trinajstić information content (AvgIpc) is 2.15. The number of rotatable bonds is 4. The highest BCUT2D eigenvalue weighted by Gasteiger charge is 2.07. The molecule has 4 N–H and O–H groups in total. The second-order valence-corrected chi connectivity index (χ2v) is 4.22. The molecule has 0 spiro atoms. The van der Waals surface area contributed by atoms with Crippen LogP contribution in [0, 0.1) is 3.57 Å². The van der Waals surface area contributed by atoms with E-state index in [1.54, 1.807) is 0 Å². The van der Waals surface area contributed by atoms with Crippen molar-refractivity contribution in [3.05, 3.63) is 33.4 Å². The molecule has 0 fully saturated rings. The molecule has 4 heteroatoms. The topological polar surface area (TPSA) is 52.0 Å². The maximum absolute atomic E-state index is 6.02. The van der Waals surface area contributed by atoms with E-state index in [1.165, 1.54) is 9.13 Å². The minimum absolute atomic E-state index is 0. The molecular weight excluding hydrogens is 310 g/mol. The van der Waals surface area contributed by atoms with Gasteiger partial charge in [-0.1, -0.05) is 18.2 Å². The highest BCUT2D eigenvalue weighted by Crippen LogP contribution is 2.20. The lowest BCUT2D eigenvalue weighted by Gasteiger charge is -2.12. The summed E-state index contributed by atoms with van der Waals surface area (Å²) < 4.78 is 1.24. The van der Waals surface area contributed by atoms with Crippen molar-refractivity contribution in [1.82, 2.24) is 0 Å². The average molecular weight is 327 g/mol. The Balaban J connectivity index is 0.00000169. The van der Waals surface area contributed by atoms with Crippen LogP contribution >= 0.6 is 35.0 Å². The molecule has 80 valence electrons. The van der Waals surface area contributed by atoms with E-state index in [-0.39, 0.29) is 18.4 Å². The van der Waals surface area contributed by atoms with Crippen molar-refractivity contribution < 1.29 is 0 Å². The fourth-order valence-corrected chi connectivity index (χ4v) is 2.06. The van der Waals surface area contributed by atoms with Crippen molar-refractivity contribution in [3.8, 4) is 0 Å². The van der Waals surface area contributed by atoms with E-state index in [0.717, 1.165) is 19.4 Å². The summed E-state index contributed by atoms with van der Waals surface area (Å²) in [6, 6.07) is 8.36. The molecule has 0 radical (unpaired) electrons. The van der Waals surface area contributed by atoms with Crippen LogP contribution < -0.4 is 11.5 Å². The predicted octanol–water partition coefficient (Wildman–Crippen LogP) is 2.45. The maximum Gasteiger partial charge on any atom is 0.0305 e. The summed E-state index contributed by atoms with van der Waals surface area (Å²) in [5.41, 5.74) is 12.7. The zero-order chi connectivity index (χ0) is 9.68. The standard InChI is InChI=1S/C10H15IN2.ClH/c11-9-5-2-1-4-8(9)10(13)6-3-7-12;/h1-2,4-5,10H,3,6-7,12-13H2;1H/t10-;/m0./s1. The van der Waals surface area contributed by atoms with Gasteiger partial charge in [0.15, 0.2) is 0 Å². The van der Waals surface area contributed by atoms with Crippen LogP contribution in [0.1, 0.15) is 24.4 Å². The van der Waals surface area contributed by atoms with Gasteiger partial charge >= 0.3 is 0 Å². The van der Waals surface area contributed by atoms with E-state index in [4.69, 9.17) is 11.5 Å². The summed E-state index contributed by atoms with van der Waals surface area (Å²) in [4.78, 5) is 0. The van der Waals surface area contributed by atoms with Crippen molar-refractivity contribution in [2.45, 2.75) is 18.9 Å². The molecule has 0 amide bonds. The van der Waals surface area contributed by atoms with Gasteiger partial charge in [-0.3, -0.25) is 0 Å². The molecule has 0 aliphatic rings. The van der Waals surface area contributed by atoms with Gasteiger partial charge in [0.25, 0.3) is 0 Å². The van der Waals surface area contributed by atoms with Gasteiger partial charge in [0.05, 0.1) is 0 Å². The maximum atomic E-state index is 6.02. The second kappa shape index (κ2) is 7.45. The van der Waals surface area contributed by atoms with Gasteiger partial charge in [-0.15, -0.1) is 12.4 Å². The summed E-state index contributed by atoms with van der Waals surface area (Å²) in [6.07, 6.45) is 1.96. The Morgan fingerprint density at radius 3 is 2.50 bits per heavy atom. The van der Waals surface area contributed by atoms with E-state index in [0.29, 0.717) is 0 Å². The number of benzene rings is 1. The summed E-state index contributed by atoms with van der Waals surface area (Å²) in [6.45, 7) is 0.719. The summed E-state index contributed by atoms with van der Waals surface area (Å²) in [5.74, 6) is 0. The van der Waals surface area contributed by atoms with Gasteiger partial charge < -0.3 is 11.5 Å². The first-order chi connectivity index (χ1) is 6.25. The van der Waals surface area contributed by atoms with Crippen molar-refractivity contribution >= 4 is 35.0 Å². The highest BCUT2D eigenvalue weighted by molar-refractivity contribution is 14.1. The van der Waals surface area contributed by atoms with Gasteiger partial charge in [-0.2, -0.15) is 0 Å². The van der Waals surface area contributed by atoms with Gasteiger partial charge in [0, 0.05) is 9.61 Å². The molecular formula is C10H16ClIN2. The first-order valence-electron chi connectivity index (χ1n) is 4.45. The molecule has 2 nitrogen and oxygen atoms in total. The monoisotopic (exact) mass is 326 g/mol. The Morgan fingerprint density at radius 1 is 1.29 bits per heavy atom. The zero-order valence-electron chi connectivity index (χ0n) is 7.95. The van der Waals surface area contributed by atoms with Gasteiger partial charge in [-0.05, 0) is 53.6 Å². The van der Waals surface area contributed by atoms with Gasteiger partial charge in [0.1, 0.15) is 0 Å². The highest BCUT2D eigenvalue weighted by atomic mass is 127. The quantitative estimate of drug-likeness (QED) is 0.835. The summed E-state index contributed by atoms with van der Waals surface area (Å²) in [5, 5.41) is 0. The molecule has 1 atom stereocenters. The molecule has 14 heavy (non-hydrogen) atoms. The SMILES string of the molecule is Cl.NCCC[C@H](N)c1ccccc1I. The van der Waals surface area contributed by atoms with E-state index in [2.05, 4.69) is 34.7 Å². The Morgan fingerprint density at radius 2 is 1.93 bits per heavy atom. The van der Waals surface area contributed by atoms with Gasteiger partial charge in [0.2, 0.25) is 0 Å². The largest absolute Gasteiger partial charge is 0.330 e. The van der Waals surface area contributed by atoms with E-state index >= 15 is 0 Å². The molecule has 0 heterocycles. The zero-order valence-corrected chi connectivity index (χ0v) is 10.9. The minimum Gasteiger partial charge on any atom is -0.330 e. The number of halogens is 2. The van der Waals surface area contributed by atoms with Crippen LogP contribution in [-0.2, 0) is 0 Å². The van der Waals surface area contributed by atoms with E-state index < -0.39 is 0 Å². The predicted molar refractivity (Wildman–Crippen MR) is 71.6 cm³/mol.